The van der Waals surface area contributed by atoms with Crippen LogP contribution >= 0.6 is 11.3 Å². The fraction of sp³-hybridized carbons (Fsp3) is 0.741. The molecule has 2 aliphatic heterocycles. The average molecular weight is 515 g/mol. The van der Waals surface area contributed by atoms with Gasteiger partial charge in [0.1, 0.15) is 16.6 Å². The minimum absolute atomic E-state index is 0.0124. The third-order valence-corrected chi connectivity index (χ3v) is 9.89. The van der Waals surface area contributed by atoms with Crippen LogP contribution in [0.1, 0.15) is 106 Å². The summed E-state index contributed by atoms with van der Waals surface area (Å²) in [6, 6.07) is 5.62. The van der Waals surface area contributed by atoms with Crippen molar-refractivity contribution in [3.8, 4) is 0 Å². The molecule has 2 aromatic rings. The molecule has 1 amide bonds. The van der Waals surface area contributed by atoms with Crippen LogP contribution in [-0.4, -0.2) is 56.5 Å². The monoisotopic (exact) mass is 514 g/mol. The van der Waals surface area contributed by atoms with E-state index in [1.54, 1.807) is 18.4 Å². The zero-order valence-corrected chi connectivity index (χ0v) is 23.0. The Balaban J connectivity index is 1.27. The summed E-state index contributed by atoms with van der Waals surface area (Å²) in [7, 11) is 1.64. The second-order valence-electron chi connectivity index (χ2n) is 11.4. The fourth-order valence-corrected chi connectivity index (χ4v) is 7.76. The predicted molar refractivity (Wildman–Crippen MR) is 143 cm³/mol. The Morgan fingerprint density at radius 1 is 1.14 bits per heavy atom. The maximum absolute atomic E-state index is 13.1. The van der Waals surface area contributed by atoms with Gasteiger partial charge in [-0.3, -0.25) is 20.0 Å². The molecule has 2 bridgehead atoms. The van der Waals surface area contributed by atoms with Gasteiger partial charge in [0.05, 0.1) is 6.04 Å². The molecule has 1 saturated carbocycles. The van der Waals surface area contributed by atoms with Gasteiger partial charge in [-0.2, -0.15) is 0 Å². The van der Waals surface area contributed by atoms with Crippen molar-refractivity contribution in [3.63, 3.8) is 0 Å². The van der Waals surface area contributed by atoms with Crippen LogP contribution in [0.15, 0.2) is 12.1 Å². The first-order valence-corrected chi connectivity index (χ1v) is 14.6. The van der Waals surface area contributed by atoms with Crippen molar-refractivity contribution in [3.05, 3.63) is 28.7 Å². The van der Waals surface area contributed by atoms with E-state index in [0.717, 1.165) is 78.1 Å². The molecule has 3 aliphatic rings. The number of hydrogen-bond acceptors (Lipinski definition) is 7. The zero-order chi connectivity index (χ0) is 25.4. The number of carbonyl (C=O) groups excluding carboxylic acids is 1. The van der Waals surface area contributed by atoms with Gasteiger partial charge in [-0.25, -0.2) is 0 Å². The van der Waals surface area contributed by atoms with Crippen molar-refractivity contribution in [2.45, 2.75) is 109 Å². The number of aryl methyl sites for hydroxylation is 1. The molecule has 2 N–H and O–H groups in total. The zero-order valence-electron chi connectivity index (χ0n) is 22.2. The number of thiophene rings is 1. The van der Waals surface area contributed by atoms with E-state index < -0.39 is 0 Å². The van der Waals surface area contributed by atoms with Crippen LogP contribution in [0.3, 0.4) is 0 Å². The number of anilines is 1. The number of nitrogens with one attached hydrogen (secondary N) is 1. The molecule has 5 rings (SSSR count). The van der Waals surface area contributed by atoms with Gasteiger partial charge < -0.3 is 9.88 Å². The lowest BCUT2D eigenvalue weighted by atomic mass is 9.95. The summed E-state index contributed by atoms with van der Waals surface area (Å²) < 4.78 is 2.41. The van der Waals surface area contributed by atoms with Crippen molar-refractivity contribution < 1.29 is 10.0 Å². The Hall–Kier alpha value is -1.97. The highest BCUT2D eigenvalue weighted by molar-refractivity contribution is 7.16. The van der Waals surface area contributed by atoms with Gasteiger partial charge in [0.2, 0.25) is 5.91 Å². The molecule has 4 heterocycles. The Kier molecular flexibility index (Phi) is 7.70. The van der Waals surface area contributed by atoms with E-state index in [1.165, 1.54) is 12.8 Å². The van der Waals surface area contributed by atoms with E-state index in [2.05, 4.69) is 51.8 Å². The van der Waals surface area contributed by atoms with Crippen LogP contribution < -0.4 is 10.4 Å². The molecule has 36 heavy (non-hydrogen) atoms. The Morgan fingerprint density at radius 3 is 2.44 bits per heavy atom. The second-order valence-corrected chi connectivity index (χ2v) is 12.5. The summed E-state index contributed by atoms with van der Waals surface area (Å²) in [5, 5.41) is 24.2. The number of fused-ring (bicyclic) bond motifs is 2. The van der Waals surface area contributed by atoms with Crippen LogP contribution in [0.4, 0.5) is 5.00 Å². The lowest BCUT2D eigenvalue weighted by Crippen LogP contribution is -2.45. The molecule has 0 radical (unpaired) electrons. The predicted octanol–water partition coefficient (Wildman–Crippen LogP) is 5.20. The van der Waals surface area contributed by atoms with E-state index in [-0.39, 0.29) is 17.9 Å². The fourth-order valence-electron chi connectivity index (χ4n) is 6.80. The van der Waals surface area contributed by atoms with Gasteiger partial charge in [-0.05, 0) is 64.0 Å². The molecule has 2 aromatic heterocycles. The molecule has 2 unspecified atom stereocenters. The number of amides is 1. The van der Waals surface area contributed by atoms with Crippen molar-refractivity contribution in [2.75, 3.05) is 18.7 Å². The van der Waals surface area contributed by atoms with Gasteiger partial charge in [0.15, 0.2) is 0 Å². The van der Waals surface area contributed by atoms with Crippen LogP contribution in [0.5, 0.6) is 0 Å². The lowest BCUT2D eigenvalue weighted by Gasteiger charge is -2.40. The number of piperidine rings is 1. The second kappa shape index (κ2) is 10.8. The molecule has 3 fully saturated rings. The maximum Gasteiger partial charge on any atom is 0.223 e. The molecule has 8 nitrogen and oxygen atoms in total. The quantitative estimate of drug-likeness (QED) is 0.447. The van der Waals surface area contributed by atoms with E-state index in [1.807, 2.05) is 6.07 Å². The van der Waals surface area contributed by atoms with Gasteiger partial charge in [0.25, 0.3) is 0 Å². The highest BCUT2D eigenvalue weighted by atomic mass is 32.1. The Bertz CT molecular complexity index is 1030. The van der Waals surface area contributed by atoms with E-state index in [9.17, 15) is 10.0 Å². The number of hydrogen-bond donors (Lipinski definition) is 2. The SMILES string of the molecule is Cc1nnc(C(C)C)n1C1CC2CCC(C1)N2CC[C@H](NC(=O)C1CCCC1)c1ccc(N(C)O)s1. The smallest absolute Gasteiger partial charge is 0.223 e. The van der Waals surface area contributed by atoms with Gasteiger partial charge in [-0.15, -0.1) is 21.5 Å². The summed E-state index contributed by atoms with van der Waals surface area (Å²) >= 11 is 1.57. The summed E-state index contributed by atoms with van der Waals surface area (Å²) in [6.45, 7) is 7.48. The summed E-state index contributed by atoms with van der Waals surface area (Å²) in [5.74, 6) is 2.88. The summed E-state index contributed by atoms with van der Waals surface area (Å²) in [4.78, 5) is 16.9. The number of rotatable bonds is 9. The van der Waals surface area contributed by atoms with Crippen LogP contribution in [0.2, 0.25) is 0 Å². The molecular weight excluding hydrogens is 472 g/mol. The van der Waals surface area contributed by atoms with Crippen LogP contribution in [0, 0.1) is 12.8 Å². The molecule has 0 aromatic carbocycles. The summed E-state index contributed by atoms with van der Waals surface area (Å²) in [5.41, 5.74) is 0. The van der Waals surface area contributed by atoms with Gasteiger partial charge in [0, 0.05) is 48.4 Å². The van der Waals surface area contributed by atoms with Crippen molar-refractivity contribution in [1.29, 1.82) is 0 Å². The number of aromatic nitrogens is 3. The molecular formula is C27H42N6O2S. The first-order valence-electron chi connectivity index (χ1n) is 13.8. The highest BCUT2D eigenvalue weighted by Crippen LogP contribution is 2.43. The topological polar surface area (TPSA) is 86.5 Å². The highest BCUT2D eigenvalue weighted by Gasteiger charge is 2.42. The summed E-state index contributed by atoms with van der Waals surface area (Å²) in [6.07, 6.45) is 10.0. The minimum Gasteiger partial charge on any atom is -0.348 e. The molecule has 198 valence electrons. The first kappa shape index (κ1) is 25.7. The Morgan fingerprint density at radius 2 is 1.83 bits per heavy atom. The molecule has 2 saturated heterocycles. The molecule has 9 heteroatoms. The van der Waals surface area contributed by atoms with E-state index in [0.29, 0.717) is 24.0 Å². The van der Waals surface area contributed by atoms with Crippen LogP contribution in [0.25, 0.3) is 0 Å². The first-order chi connectivity index (χ1) is 17.3. The molecule has 1 aliphatic carbocycles. The molecule has 3 atom stereocenters. The van der Waals surface area contributed by atoms with Gasteiger partial charge >= 0.3 is 0 Å². The van der Waals surface area contributed by atoms with E-state index >= 15 is 0 Å². The van der Waals surface area contributed by atoms with Crippen molar-refractivity contribution in [2.24, 2.45) is 5.92 Å². The minimum atomic E-state index is -0.0124. The third-order valence-electron chi connectivity index (χ3n) is 8.63. The molecule has 0 spiro atoms. The third kappa shape index (κ3) is 5.20. The maximum atomic E-state index is 13.1. The largest absolute Gasteiger partial charge is 0.348 e. The standard InChI is InChI=1S/C27H42N6O2S/c1-17(2)26-30-29-18(3)33(26)22-15-20-9-10-21(16-22)32(20)14-13-23(24-11-12-25(36-24)31(4)35)28-27(34)19-7-5-6-8-19/h11-12,17,19-23,35H,5-10,13-16H2,1-4H3,(H,28,34)/t20?,21?,22?,23-/m0/s1. The average Bonchev–Trinajstić information content (AvgIpc) is 3.63. The Labute approximate surface area is 219 Å². The van der Waals surface area contributed by atoms with E-state index in [4.69, 9.17) is 0 Å². The number of nitrogens with zero attached hydrogens (tertiary/aromatic N) is 5. The number of hydroxylamine groups is 1. The van der Waals surface area contributed by atoms with Crippen molar-refractivity contribution in [1.82, 2.24) is 25.0 Å². The normalized spacial score (nSPS) is 25.6. The van der Waals surface area contributed by atoms with Crippen molar-refractivity contribution >= 4 is 22.2 Å². The van der Waals surface area contributed by atoms with Crippen LogP contribution in [-0.2, 0) is 4.79 Å². The number of carbonyl (C=O) groups is 1. The van der Waals surface area contributed by atoms with Gasteiger partial charge in [-0.1, -0.05) is 26.7 Å². The lowest BCUT2D eigenvalue weighted by molar-refractivity contribution is -0.125.